The molecule has 0 spiro atoms. The van der Waals surface area contributed by atoms with Gasteiger partial charge in [0.05, 0.1) is 64.7 Å². The number of nitrogens with zero attached hydrogens (tertiary/aromatic N) is 1. The summed E-state index contributed by atoms with van der Waals surface area (Å²) in [4.78, 5) is 74.5. The normalized spacial score (nSPS) is 12.7. The topological polar surface area (TPSA) is 179 Å². The summed E-state index contributed by atoms with van der Waals surface area (Å²) in [5, 5.41) is 0.459. The lowest BCUT2D eigenvalue weighted by Gasteiger charge is -2.33. The van der Waals surface area contributed by atoms with Gasteiger partial charge in [-0.15, -0.1) is 5.06 Å². The zero-order chi connectivity index (χ0) is 33.5. The molecule has 1 saturated heterocycles. The van der Waals surface area contributed by atoms with Gasteiger partial charge in [-0.05, 0) is 6.92 Å². The highest BCUT2D eigenvalue weighted by Crippen LogP contribution is 2.22. The van der Waals surface area contributed by atoms with Crippen LogP contribution < -0.4 is 0 Å². The number of hydrogen-bond donors (Lipinski definition) is 0. The van der Waals surface area contributed by atoms with Crippen LogP contribution in [0.5, 0.6) is 0 Å². The Morgan fingerprint density at radius 1 is 0.708 bits per heavy atom. The Hall–Kier alpha value is -3.92. The zero-order valence-electron chi connectivity index (χ0n) is 25.7. The lowest BCUT2D eigenvalue weighted by atomic mass is 9.92. The van der Waals surface area contributed by atoms with Crippen molar-refractivity contribution in [3.8, 4) is 0 Å². The predicted octanol–water partition coefficient (Wildman–Crippen LogP) is 3.30. The van der Waals surface area contributed by atoms with Crippen molar-refractivity contribution in [2.75, 3.05) is 66.1 Å². The van der Waals surface area contributed by atoms with Gasteiger partial charge in [-0.25, -0.2) is 19.2 Å². The minimum Gasteiger partial charge on any atom is -0.462 e. The lowest BCUT2D eigenvalue weighted by molar-refractivity contribution is -0.198. The van der Waals surface area contributed by atoms with Crippen LogP contribution in [0.25, 0.3) is 0 Å². The molecule has 1 heterocycles. The Morgan fingerprint density at radius 2 is 1.15 bits per heavy atom. The largest absolute Gasteiger partial charge is 0.462 e. The van der Waals surface area contributed by atoms with E-state index in [1.54, 1.807) is 6.92 Å². The molecular formula is C33H55NO14. The van der Waals surface area contributed by atoms with Gasteiger partial charge >= 0.3 is 23.9 Å². The fraction of sp³-hybridized carbons (Fsp3) is 0.636. The van der Waals surface area contributed by atoms with Crippen LogP contribution in [0.2, 0.25) is 0 Å². The van der Waals surface area contributed by atoms with Crippen LogP contribution in [0, 0.1) is 5.41 Å². The summed E-state index contributed by atoms with van der Waals surface area (Å²) in [6.45, 7) is 12.3. The summed E-state index contributed by atoms with van der Waals surface area (Å²) < 4.78 is 38.4. The van der Waals surface area contributed by atoms with Crippen molar-refractivity contribution in [3.05, 3.63) is 38.0 Å². The molecule has 1 rings (SSSR count). The van der Waals surface area contributed by atoms with Crippen molar-refractivity contribution in [2.45, 2.75) is 67.4 Å². The average Bonchev–Trinajstić information content (AvgIpc) is 3.34. The van der Waals surface area contributed by atoms with E-state index in [4.69, 9.17) is 38.0 Å². The highest BCUT2D eigenvalue weighted by molar-refractivity contribution is 6.01. The quantitative estimate of drug-likeness (QED) is 0.0424. The summed E-state index contributed by atoms with van der Waals surface area (Å²) in [6.07, 6.45) is 3.03. The van der Waals surface area contributed by atoms with E-state index in [9.17, 15) is 28.8 Å². The van der Waals surface area contributed by atoms with Crippen molar-refractivity contribution in [1.29, 1.82) is 0 Å². The molecule has 15 nitrogen and oxygen atoms in total. The first kappa shape index (κ1) is 48.5. The molecule has 1 atom stereocenters. The van der Waals surface area contributed by atoms with Crippen molar-refractivity contribution >= 4 is 35.7 Å². The maximum absolute atomic E-state index is 12.2. The van der Waals surface area contributed by atoms with Crippen LogP contribution in [0.1, 0.15) is 61.3 Å². The molecule has 0 aliphatic carbocycles. The second-order valence-corrected chi connectivity index (χ2v) is 9.87. The fourth-order valence-electron chi connectivity index (χ4n) is 3.58. The summed E-state index contributed by atoms with van der Waals surface area (Å²) in [6, 6.07) is 0. The van der Waals surface area contributed by atoms with E-state index in [1.807, 2.05) is 0 Å². The average molecular weight is 690 g/mol. The first-order chi connectivity index (χ1) is 21.6. The van der Waals surface area contributed by atoms with E-state index in [2.05, 4.69) is 19.7 Å². The van der Waals surface area contributed by atoms with Gasteiger partial charge in [0, 0.05) is 57.1 Å². The van der Waals surface area contributed by atoms with Gasteiger partial charge in [0.15, 0.2) is 0 Å². The highest BCUT2D eigenvalue weighted by atomic mass is 16.7. The van der Waals surface area contributed by atoms with E-state index in [1.165, 1.54) is 0 Å². The molecule has 0 N–H and O–H groups in total. The second-order valence-electron chi connectivity index (χ2n) is 9.87. The van der Waals surface area contributed by atoms with Crippen LogP contribution in [0.15, 0.2) is 38.0 Å². The molecule has 0 bridgehead atoms. The molecule has 0 radical (unpaired) electrons. The number of hydroxylamine groups is 2. The number of rotatable bonds is 26. The Bertz CT molecular complexity index is 980. The molecule has 1 fully saturated rings. The standard InChI is InChI=1S/C30H43NO14.3CH4/c1-5-26(34)42-15-8-13-38-19-30(20-39-14-9-16-43-27(35)6-2,22-41-18-23(4)44-28(36)7-3)21-40-17-12-29(37)45-31-24(32)10-11-25(31)33;;;/h5-7,23H,1-3,8-22H2,4H3;3*1H4. The molecule has 15 heteroatoms. The van der Waals surface area contributed by atoms with Crippen LogP contribution in [0.4, 0.5) is 0 Å². The highest BCUT2D eigenvalue weighted by Gasteiger charge is 2.34. The van der Waals surface area contributed by atoms with Crippen molar-refractivity contribution in [1.82, 2.24) is 5.06 Å². The molecule has 0 aromatic rings. The molecule has 1 aliphatic rings. The monoisotopic (exact) mass is 689 g/mol. The Kier molecular flexibility index (Phi) is 28.4. The number of amides is 2. The Balaban J connectivity index is -0.00000675. The van der Waals surface area contributed by atoms with E-state index in [-0.39, 0.29) is 108 Å². The van der Waals surface area contributed by atoms with Crippen LogP contribution in [0.3, 0.4) is 0 Å². The smallest absolute Gasteiger partial charge is 0.335 e. The minimum atomic E-state index is -0.942. The van der Waals surface area contributed by atoms with E-state index >= 15 is 0 Å². The van der Waals surface area contributed by atoms with Gasteiger partial charge in [-0.1, -0.05) is 42.0 Å². The molecule has 276 valence electrons. The molecule has 0 aromatic carbocycles. The van der Waals surface area contributed by atoms with E-state index < -0.39 is 47.2 Å². The predicted molar refractivity (Wildman–Crippen MR) is 175 cm³/mol. The molecule has 1 aliphatic heterocycles. The van der Waals surface area contributed by atoms with Crippen molar-refractivity contribution in [2.24, 2.45) is 5.41 Å². The Labute approximate surface area is 284 Å². The summed E-state index contributed by atoms with van der Waals surface area (Å²) in [7, 11) is 0. The van der Waals surface area contributed by atoms with Gasteiger partial charge in [0.1, 0.15) is 6.10 Å². The SMILES string of the molecule is C.C.C.C=CC(=O)OCCCOCC(COCCCOC(=O)C=C)(COCCC(=O)ON1C(=O)CCC1=O)COCC(C)OC(=O)C=C. The summed E-state index contributed by atoms with van der Waals surface area (Å²) in [5.41, 5.74) is -0.942. The molecule has 48 heavy (non-hydrogen) atoms. The van der Waals surface area contributed by atoms with Gasteiger partial charge in [0.2, 0.25) is 0 Å². The molecule has 1 unspecified atom stereocenters. The van der Waals surface area contributed by atoms with E-state index in [0.717, 1.165) is 18.2 Å². The van der Waals surface area contributed by atoms with E-state index in [0.29, 0.717) is 17.9 Å². The fourth-order valence-corrected chi connectivity index (χ4v) is 3.58. The summed E-state index contributed by atoms with van der Waals surface area (Å²) >= 11 is 0. The number of hydrogen-bond acceptors (Lipinski definition) is 14. The van der Waals surface area contributed by atoms with Crippen molar-refractivity contribution < 1.29 is 66.8 Å². The first-order valence-electron chi connectivity index (χ1n) is 14.3. The van der Waals surface area contributed by atoms with Gasteiger partial charge < -0.3 is 38.0 Å². The number of ether oxygens (including phenoxy) is 7. The number of carbonyl (C=O) groups excluding carboxylic acids is 6. The van der Waals surface area contributed by atoms with Crippen LogP contribution >= 0.6 is 0 Å². The minimum absolute atomic E-state index is 0. The number of esters is 3. The number of carbonyl (C=O) groups is 6. The third-order valence-electron chi connectivity index (χ3n) is 5.81. The third-order valence-corrected chi connectivity index (χ3v) is 5.81. The van der Waals surface area contributed by atoms with Crippen molar-refractivity contribution in [3.63, 3.8) is 0 Å². The zero-order valence-corrected chi connectivity index (χ0v) is 25.7. The Morgan fingerprint density at radius 3 is 1.60 bits per heavy atom. The van der Waals surface area contributed by atoms with Gasteiger partial charge in [0.25, 0.3) is 11.8 Å². The van der Waals surface area contributed by atoms with Crippen LogP contribution in [-0.4, -0.2) is 113 Å². The lowest BCUT2D eigenvalue weighted by Crippen LogP contribution is -2.43. The second kappa shape index (κ2) is 28.1. The maximum atomic E-state index is 12.2. The molecule has 0 aromatic heterocycles. The summed E-state index contributed by atoms with van der Waals surface area (Å²) in [5.74, 6) is -3.72. The number of imide groups is 1. The van der Waals surface area contributed by atoms with Gasteiger partial charge in [-0.2, -0.15) is 0 Å². The van der Waals surface area contributed by atoms with Crippen LogP contribution in [-0.2, 0) is 66.8 Å². The maximum Gasteiger partial charge on any atom is 0.335 e. The molecular weight excluding hydrogens is 634 g/mol. The first-order valence-corrected chi connectivity index (χ1v) is 14.3. The molecule has 0 saturated carbocycles. The third kappa shape index (κ3) is 21.1. The molecule has 2 amide bonds. The van der Waals surface area contributed by atoms with Gasteiger partial charge in [-0.3, -0.25) is 9.59 Å².